The number of aryl methyl sites for hydroxylation is 2. The van der Waals surface area contributed by atoms with Crippen molar-refractivity contribution in [2.24, 2.45) is 10.2 Å². The van der Waals surface area contributed by atoms with Crippen molar-refractivity contribution in [2.75, 3.05) is 18.5 Å². The molecule has 0 fully saturated rings. The number of hydrogen-bond donors (Lipinski definition) is 5. The highest BCUT2D eigenvalue weighted by Crippen LogP contribution is 2.30. The first-order chi connectivity index (χ1) is 12.4. The van der Waals surface area contributed by atoms with E-state index in [1.165, 1.54) is 0 Å². The van der Waals surface area contributed by atoms with E-state index in [1.807, 2.05) is 56.3 Å². The van der Waals surface area contributed by atoms with Crippen LogP contribution in [0.15, 0.2) is 52.7 Å². The van der Waals surface area contributed by atoms with Crippen LogP contribution in [0.25, 0.3) is 0 Å². The molecule has 3 atom stereocenters. The molecule has 2 aromatic rings. The molecule has 0 saturated heterocycles. The van der Waals surface area contributed by atoms with Crippen molar-refractivity contribution < 1.29 is 20.4 Å². The number of aliphatic hydroxyl groups is 4. The van der Waals surface area contributed by atoms with Crippen molar-refractivity contribution in [2.45, 2.75) is 32.2 Å². The summed E-state index contributed by atoms with van der Waals surface area (Å²) < 4.78 is 0. The van der Waals surface area contributed by atoms with E-state index in [9.17, 15) is 15.3 Å². The molecule has 0 aliphatic heterocycles. The van der Waals surface area contributed by atoms with Gasteiger partial charge in [0.1, 0.15) is 17.9 Å². The Morgan fingerprint density at radius 2 is 1.58 bits per heavy atom. The third kappa shape index (κ3) is 5.34. The Morgan fingerprint density at radius 1 is 0.923 bits per heavy atom. The maximum atomic E-state index is 9.97. The molecule has 7 heteroatoms. The van der Waals surface area contributed by atoms with Crippen LogP contribution in [-0.4, -0.2) is 51.9 Å². The smallest absolute Gasteiger partial charge is 0.110 e. The SMILES string of the molecule is Cc1cc(/N=N/c2ccccc2)c(NCC(O)C(O)C(O)CO)cc1C. The van der Waals surface area contributed by atoms with E-state index < -0.39 is 24.9 Å². The number of benzene rings is 2. The van der Waals surface area contributed by atoms with Crippen molar-refractivity contribution in [3.63, 3.8) is 0 Å². The maximum absolute atomic E-state index is 9.97. The molecule has 2 rings (SSSR count). The van der Waals surface area contributed by atoms with Crippen LogP contribution in [0.1, 0.15) is 11.1 Å². The van der Waals surface area contributed by atoms with Gasteiger partial charge >= 0.3 is 0 Å². The second-order valence-corrected chi connectivity index (χ2v) is 6.18. The van der Waals surface area contributed by atoms with E-state index in [-0.39, 0.29) is 6.54 Å². The van der Waals surface area contributed by atoms with Gasteiger partial charge in [0.2, 0.25) is 0 Å². The quantitative estimate of drug-likeness (QED) is 0.463. The Hall–Kier alpha value is -2.32. The molecular weight excluding hydrogens is 334 g/mol. The number of aliphatic hydroxyl groups excluding tert-OH is 4. The highest BCUT2D eigenvalue weighted by Gasteiger charge is 2.24. The van der Waals surface area contributed by atoms with Gasteiger partial charge in [0, 0.05) is 6.54 Å². The van der Waals surface area contributed by atoms with E-state index in [0.29, 0.717) is 11.4 Å². The average molecular weight is 359 g/mol. The van der Waals surface area contributed by atoms with Gasteiger partial charge in [-0.1, -0.05) is 18.2 Å². The Bertz CT molecular complexity index is 737. The van der Waals surface area contributed by atoms with Gasteiger partial charge in [-0.2, -0.15) is 5.11 Å². The number of anilines is 1. The van der Waals surface area contributed by atoms with Crippen LogP contribution < -0.4 is 5.32 Å². The molecule has 0 amide bonds. The molecule has 0 aliphatic carbocycles. The predicted octanol–water partition coefficient (Wildman–Crippen LogP) is 2.21. The number of hydrogen-bond acceptors (Lipinski definition) is 7. The zero-order valence-electron chi connectivity index (χ0n) is 14.9. The minimum Gasteiger partial charge on any atom is -0.394 e. The molecule has 7 nitrogen and oxygen atoms in total. The molecule has 0 bridgehead atoms. The summed E-state index contributed by atoms with van der Waals surface area (Å²) in [5, 5.41) is 49.5. The van der Waals surface area contributed by atoms with Gasteiger partial charge in [0.15, 0.2) is 0 Å². The zero-order valence-corrected chi connectivity index (χ0v) is 14.9. The molecule has 0 aliphatic rings. The molecule has 3 unspecified atom stereocenters. The molecule has 26 heavy (non-hydrogen) atoms. The Labute approximate surface area is 152 Å². The molecular formula is C19H25N3O4. The van der Waals surface area contributed by atoms with E-state index in [4.69, 9.17) is 5.11 Å². The van der Waals surface area contributed by atoms with Crippen molar-refractivity contribution >= 4 is 17.1 Å². The second kappa shape index (κ2) is 9.40. The first-order valence-electron chi connectivity index (χ1n) is 8.39. The van der Waals surface area contributed by atoms with E-state index in [2.05, 4.69) is 15.5 Å². The summed E-state index contributed by atoms with van der Waals surface area (Å²) in [5.41, 5.74) is 4.06. The van der Waals surface area contributed by atoms with Crippen LogP contribution >= 0.6 is 0 Å². The summed E-state index contributed by atoms with van der Waals surface area (Å²) in [4.78, 5) is 0. The first kappa shape index (κ1) is 20.0. The summed E-state index contributed by atoms with van der Waals surface area (Å²) in [7, 11) is 0. The summed E-state index contributed by atoms with van der Waals surface area (Å²) in [6, 6.07) is 13.1. The van der Waals surface area contributed by atoms with Gasteiger partial charge in [-0.05, 0) is 49.2 Å². The fourth-order valence-corrected chi connectivity index (χ4v) is 2.33. The fraction of sp³-hybridized carbons (Fsp3) is 0.368. The van der Waals surface area contributed by atoms with Crippen LogP contribution in [0.3, 0.4) is 0 Å². The second-order valence-electron chi connectivity index (χ2n) is 6.18. The number of nitrogens with one attached hydrogen (secondary N) is 1. The third-order valence-corrected chi connectivity index (χ3v) is 4.12. The molecule has 0 heterocycles. The number of rotatable bonds is 8. The monoisotopic (exact) mass is 359 g/mol. The average Bonchev–Trinajstić information content (AvgIpc) is 2.66. The number of nitrogens with zero attached hydrogens (tertiary/aromatic N) is 2. The van der Waals surface area contributed by atoms with Gasteiger partial charge in [0.05, 0.1) is 24.1 Å². The number of azo groups is 1. The van der Waals surface area contributed by atoms with Crippen LogP contribution in [0.2, 0.25) is 0 Å². The van der Waals surface area contributed by atoms with Gasteiger partial charge in [-0.15, -0.1) is 5.11 Å². The third-order valence-electron chi connectivity index (χ3n) is 4.12. The van der Waals surface area contributed by atoms with Gasteiger partial charge in [-0.3, -0.25) is 0 Å². The van der Waals surface area contributed by atoms with Gasteiger partial charge < -0.3 is 25.7 Å². The predicted molar refractivity (Wildman–Crippen MR) is 100 cm³/mol. The lowest BCUT2D eigenvalue weighted by Gasteiger charge is -2.22. The maximum Gasteiger partial charge on any atom is 0.110 e. The molecule has 0 saturated carbocycles. The highest BCUT2D eigenvalue weighted by atomic mass is 16.4. The standard InChI is InChI=1S/C19H25N3O4/c1-12-8-15(20-10-17(24)19(26)18(25)11-23)16(9-13(12)2)22-21-14-6-4-3-5-7-14/h3-9,17-20,23-26H,10-11H2,1-2H3/b22-21+. The van der Waals surface area contributed by atoms with Crippen molar-refractivity contribution in [3.05, 3.63) is 53.6 Å². The minimum absolute atomic E-state index is 0.0193. The molecule has 5 N–H and O–H groups in total. The molecule has 2 aromatic carbocycles. The van der Waals surface area contributed by atoms with Crippen LogP contribution in [0, 0.1) is 13.8 Å². The van der Waals surface area contributed by atoms with Crippen LogP contribution in [0.4, 0.5) is 17.1 Å². The van der Waals surface area contributed by atoms with Crippen molar-refractivity contribution in [3.8, 4) is 0 Å². The van der Waals surface area contributed by atoms with Crippen LogP contribution in [0.5, 0.6) is 0 Å². The van der Waals surface area contributed by atoms with E-state index in [1.54, 1.807) is 0 Å². The molecule has 0 radical (unpaired) electrons. The fourth-order valence-electron chi connectivity index (χ4n) is 2.33. The summed E-state index contributed by atoms with van der Waals surface area (Å²) >= 11 is 0. The lowest BCUT2D eigenvalue weighted by Crippen LogP contribution is -2.42. The highest BCUT2D eigenvalue weighted by molar-refractivity contribution is 5.68. The molecule has 140 valence electrons. The van der Waals surface area contributed by atoms with E-state index >= 15 is 0 Å². The van der Waals surface area contributed by atoms with Gasteiger partial charge in [0.25, 0.3) is 0 Å². The normalized spacial score (nSPS) is 15.0. The van der Waals surface area contributed by atoms with Crippen molar-refractivity contribution in [1.29, 1.82) is 0 Å². The lowest BCUT2D eigenvalue weighted by molar-refractivity contribution is -0.0715. The minimum atomic E-state index is -1.45. The van der Waals surface area contributed by atoms with Crippen LogP contribution in [-0.2, 0) is 0 Å². The molecule has 0 aromatic heterocycles. The molecule has 0 spiro atoms. The Morgan fingerprint density at radius 3 is 2.23 bits per heavy atom. The first-order valence-corrected chi connectivity index (χ1v) is 8.39. The topological polar surface area (TPSA) is 118 Å². The lowest BCUT2D eigenvalue weighted by atomic mass is 10.1. The van der Waals surface area contributed by atoms with Crippen molar-refractivity contribution in [1.82, 2.24) is 0 Å². The Balaban J connectivity index is 2.17. The summed E-state index contributed by atoms with van der Waals surface area (Å²) in [6.07, 6.45) is -4.10. The zero-order chi connectivity index (χ0) is 19.1. The van der Waals surface area contributed by atoms with E-state index in [0.717, 1.165) is 16.8 Å². The Kier molecular flexibility index (Phi) is 7.23. The van der Waals surface area contributed by atoms with Gasteiger partial charge in [-0.25, -0.2) is 0 Å². The summed E-state index contributed by atoms with van der Waals surface area (Å²) in [5.74, 6) is 0. The largest absolute Gasteiger partial charge is 0.394 e. The summed E-state index contributed by atoms with van der Waals surface area (Å²) in [6.45, 7) is 3.28.